The van der Waals surface area contributed by atoms with Gasteiger partial charge in [0.2, 0.25) is 0 Å². The Balaban J connectivity index is 1.03. The number of anilines is 4. The Morgan fingerprint density at radius 1 is 0.638 bits per heavy atom. The van der Waals surface area contributed by atoms with Gasteiger partial charge in [-0.3, -0.25) is 33.8 Å². The van der Waals surface area contributed by atoms with Crippen LogP contribution in [0.2, 0.25) is 0 Å². The van der Waals surface area contributed by atoms with Crippen LogP contribution >= 0.6 is 0 Å². The molecule has 2 aromatic heterocycles. The number of hydrogen-bond donors (Lipinski definition) is 2. The average molecular weight is 777 g/mol. The lowest BCUT2D eigenvalue weighted by Gasteiger charge is -2.20. The number of fused-ring (bicyclic) bond motifs is 2. The van der Waals surface area contributed by atoms with Crippen LogP contribution in [0.5, 0.6) is 0 Å². The number of nitrogens with zero attached hydrogens (tertiary/aromatic N) is 4. The van der Waals surface area contributed by atoms with Gasteiger partial charge in [0.1, 0.15) is 5.82 Å². The minimum atomic E-state index is -3.02. The van der Waals surface area contributed by atoms with E-state index in [2.05, 4.69) is 15.3 Å². The van der Waals surface area contributed by atoms with Crippen LogP contribution in [0.25, 0.3) is 11.1 Å². The van der Waals surface area contributed by atoms with Crippen molar-refractivity contribution in [2.75, 3.05) is 20.9 Å². The molecule has 0 bridgehead atoms. The van der Waals surface area contributed by atoms with E-state index in [0.29, 0.717) is 22.4 Å². The van der Waals surface area contributed by atoms with Gasteiger partial charge < -0.3 is 11.1 Å². The number of hydrogen-bond acceptors (Lipinski definition) is 9. The van der Waals surface area contributed by atoms with Crippen LogP contribution in [0.4, 0.5) is 31.7 Å². The number of rotatable bonds is 9. The van der Waals surface area contributed by atoms with E-state index in [-0.39, 0.29) is 68.3 Å². The second kappa shape index (κ2) is 14.4. The normalized spacial score (nSPS) is 13.3. The molecule has 4 aromatic carbocycles. The molecule has 8 rings (SSSR count). The zero-order valence-electron chi connectivity index (χ0n) is 30.7. The number of carbonyl (C=O) groups excluding carboxylic acids is 6. The standard InChI is InChI=1S/C44H30F2N6O6/c1-22-15-28(51-41(55)33-11-6-26(18-36(33)44(51)58)40(54)50-27-7-14-38(47)49-21-27)8-12-30(22)31-13-9-29(19-34(31)39(45)46)52-42(56)32-10-5-25(17-35(32)43(52)57)37(53)16-24-4-3-23(2)48-20-24/h3-15,17-21,39H,16H2,1-2H3,(H2,47,49)(H,50,54). The van der Waals surface area contributed by atoms with E-state index in [4.69, 9.17) is 5.73 Å². The fraction of sp³-hybridized carbons (Fsp3) is 0.0909. The van der Waals surface area contributed by atoms with E-state index in [0.717, 1.165) is 21.6 Å². The van der Waals surface area contributed by atoms with E-state index in [1.54, 1.807) is 31.3 Å². The Morgan fingerprint density at radius 2 is 1.22 bits per heavy atom. The van der Waals surface area contributed by atoms with Gasteiger partial charge in [0.05, 0.1) is 45.5 Å². The van der Waals surface area contributed by atoms with Crippen LogP contribution < -0.4 is 20.9 Å². The van der Waals surface area contributed by atoms with Gasteiger partial charge in [0.25, 0.3) is 36.0 Å². The highest BCUT2D eigenvalue weighted by Crippen LogP contribution is 2.40. The zero-order chi connectivity index (χ0) is 41.0. The van der Waals surface area contributed by atoms with Crippen molar-refractivity contribution in [3.63, 3.8) is 0 Å². The zero-order valence-corrected chi connectivity index (χ0v) is 30.7. The van der Waals surface area contributed by atoms with E-state index >= 15 is 0 Å². The smallest absolute Gasteiger partial charge is 0.266 e. The van der Waals surface area contributed by atoms with Crippen LogP contribution in [0.15, 0.2) is 109 Å². The fourth-order valence-corrected chi connectivity index (χ4v) is 7.04. The third-order valence-corrected chi connectivity index (χ3v) is 10.0. The predicted octanol–water partition coefficient (Wildman–Crippen LogP) is 7.56. The first-order valence-electron chi connectivity index (χ1n) is 17.9. The second-order valence-corrected chi connectivity index (χ2v) is 13.8. The first-order chi connectivity index (χ1) is 27.8. The van der Waals surface area contributed by atoms with Crippen LogP contribution in [0.1, 0.15) is 91.0 Å². The highest BCUT2D eigenvalue weighted by Gasteiger charge is 2.39. The van der Waals surface area contributed by atoms with Crippen molar-refractivity contribution in [3.8, 4) is 11.1 Å². The van der Waals surface area contributed by atoms with Crippen molar-refractivity contribution in [1.29, 1.82) is 0 Å². The molecular formula is C44H30F2N6O6. The molecule has 58 heavy (non-hydrogen) atoms. The number of pyridine rings is 2. The molecule has 6 aromatic rings. The summed E-state index contributed by atoms with van der Waals surface area (Å²) in [5.74, 6) is -3.33. The number of nitrogens with two attached hydrogens (primary N) is 1. The summed E-state index contributed by atoms with van der Waals surface area (Å²) < 4.78 is 29.5. The number of alkyl halides is 2. The minimum Gasteiger partial charge on any atom is -0.384 e. The maximum atomic E-state index is 14.8. The van der Waals surface area contributed by atoms with Gasteiger partial charge >= 0.3 is 0 Å². The quantitative estimate of drug-likeness (QED) is 0.111. The van der Waals surface area contributed by atoms with Gasteiger partial charge in [0, 0.05) is 35.0 Å². The number of halogens is 2. The number of aryl methyl sites for hydroxylation is 2. The Bertz CT molecular complexity index is 2770. The number of Topliss-reactive ketones (excluding diaryl/α,β-unsaturated/α-hetero) is 1. The number of carbonyl (C=O) groups is 6. The third-order valence-electron chi connectivity index (χ3n) is 10.0. The topological polar surface area (TPSA) is 173 Å². The lowest BCUT2D eigenvalue weighted by atomic mass is 9.94. The number of nitrogen functional groups attached to an aromatic ring is 1. The van der Waals surface area contributed by atoms with Crippen LogP contribution in [-0.2, 0) is 6.42 Å². The van der Waals surface area contributed by atoms with E-state index in [9.17, 15) is 37.5 Å². The number of amides is 5. The van der Waals surface area contributed by atoms with Gasteiger partial charge in [-0.25, -0.2) is 23.6 Å². The number of benzene rings is 4. The van der Waals surface area contributed by atoms with Gasteiger partial charge in [-0.2, -0.15) is 0 Å². The SMILES string of the molecule is Cc1ccc(CC(=O)c2ccc3c(c2)C(=O)N(c2ccc(-c4ccc(N5C(=O)c6ccc(C(=O)Nc7ccc(N)nc7)cc6C5=O)cc4C)c(C(F)F)c2)C3=O)cn1. The maximum absolute atomic E-state index is 14.8. The van der Waals surface area contributed by atoms with Crippen molar-refractivity contribution in [2.24, 2.45) is 0 Å². The predicted molar refractivity (Wildman–Crippen MR) is 210 cm³/mol. The highest BCUT2D eigenvalue weighted by molar-refractivity contribution is 6.35. The molecular weight excluding hydrogens is 747 g/mol. The molecule has 0 spiro atoms. The summed E-state index contributed by atoms with van der Waals surface area (Å²) in [6.07, 6.45) is -0.0248. The Kier molecular flexibility index (Phi) is 9.23. The van der Waals surface area contributed by atoms with E-state index in [1.807, 2.05) is 6.92 Å². The summed E-state index contributed by atoms with van der Waals surface area (Å²) in [6.45, 7) is 3.46. The molecule has 4 heterocycles. The van der Waals surface area contributed by atoms with Crippen molar-refractivity contribution in [2.45, 2.75) is 26.7 Å². The molecule has 0 radical (unpaired) electrons. The fourth-order valence-electron chi connectivity index (χ4n) is 7.04. The number of imide groups is 2. The van der Waals surface area contributed by atoms with Crippen molar-refractivity contribution in [3.05, 3.63) is 165 Å². The molecule has 2 aliphatic heterocycles. The molecule has 3 N–H and O–H groups in total. The molecule has 2 aliphatic rings. The summed E-state index contributed by atoms with van der Waals surface area (Å²) >= 11 is 0. The largest absolute Gasteiger partial charge is 0.384 e. The number of nitrogens with one attached hydrogen (secondary N) is 1. The molecule has 0 atom stereocenters. The number of ketones is 1. The third kappa shape index (κ3) is 6.55. The number of aromatic nitrogens is 2. The monoisotopic (exact) mass is 776 g/mol. The van der Waals surface area contributed by atoms with E-state index < -0.39 is 41.5 Å². The Labute approximate surface area is 329 Å². The lowest BCUT2D eigenvalue weighted by molar-refractivity contribution is 0.0910. The molecule has 0 aliphatic carbocycles. The summed E-state index contributed by atoms with van der Waals surface area (Å²) in [6, 6.07) is 23.3. The summed E-state index contributed by atoms with van der Waals surface area (Å²) in [7, 11) is 0. The van der Waals surface area contributed by atoms with E-state index in [1.165, 1.54) is 79.0 Å². The minimum absolute atomic E-state index is 0.0150. The lowest BCUT2D eigenvalue weighted by Crippen LogP contribution is -2.29. The molecule has 14 heteroatoms. The first kappa shape index (κ1) is 37.2. The molecule has 0 fully saturated rings. The molecule has 12 nitrogen and oxygen atoms in total. The molecule has 0 saturated carbocycles. The highest BCUT2D eigenvalue weighted by atomic mass is 19.3. The van der Waals surface area contributed by atoms with Crippen molar-refractivity contribution < 1.29 is 37.5 Å². The molecule has 5 amide bonds. The Hall–Kier alpha value is -7.74. The molecule has 286 valence electrons. The van der Waals surface area contributed by atoms with Gasteiger partial charge in [-0.1, -0.05) is 24.3 Å². The Morgan fingerprint density at radius 3 is 1.81 bits per heavy atom. The van der Waals surface area contributed by atoms with Gasteiger partial charge in [-0.15, -0.1) is 0 Å². The first-order valence-corrected chi connectivity index (χ1v) is 17.9. The molecule has 0 unspecified atom stereocenters. The van der Waals surface area contributed by atoms with Gasteiger partial charge in [-0.05, 0) is 109 Å². The van der Waals surface area contributed by atoms with Gasteiger partial charge in [0.15, 0.2) is 5.78 Å². The summed E-state index contributed by atoms with van der Waals surface area (Å²) in [4.78, 5) is 90.0. The molecule has 0 saturated heterocycles. The van der Waals surface area contributed by atoms with Crippen LogP contribution in [0, 0.1) is 13.8 Å². The summed E-state index contributed by atoms with van der Waals surface area (Å²) in [5, 5.41) is 2.66. The maximum Gasteiger partial charge on any atom is 0.266 e. The van der Waals surface area contributed by atoms with Crippen molar-refractivity contribution in [1.82, 2.24) is 9.97 Å². The summed E-state index contributed by atoms with van der Waals surface area (Å²) in [5.41, 5.74) is 8.46. The second-order valence-electron chi connectivity index (χ2n) is 13.8. The van der Waals surface area contributed by atoms with Crippen molar-refractivity contribution >= 4 is 58.2 Å². The van der Waals surface area contributed by atoms with Crippen LogP contribution in [-0.4, -0.2) is 45.3 Å². The van der Waals surface area contributed by atoms with Crippen LogP contribution in [0.3, 0.4) is 0 Å². The average Bonchev–Trinajstić information content (AvgIpc) is 3.62.